The zero-order valence-corrected chi connectivity index (χ0v) is 8.20. The van der Waals surface area contributed by atoms with Crippen LogP contribution >= 0.6 is 11.3 Å². The van der Waals surface area contributed by atoms with Crippen molar-refractivity contribution in [1.82, 2.24) is 4.98 Å². The summed E-state index contributed by atoms with van der Waals surface area (Å²) < 4.78 is 25.0. The molecule has 0 aromatic carbocycles. The summed E-state index contributed by atoms with van der Waals surface area (Å²) in [5, 5.41) is 2.75. The topological polar surface area (TPSA) is 42.0 Å². The Bertz CT molecular complexity index is 377. The minimum absolute atomic E-state index is 0.344. The molecule has 3 nitrogen and oxygen atoms in total. The molecule has 0 saturated heterocycles. The standard InChI is InChI=1S/C8H8F2N2OS/c1-4-3-11-7(14-4)12-6(13)5-2-8(5,9)10/h3,5H,2H2,1H3,(H,11,12,13). The van der Waals surface area contributed by atoms with Gasteiger partial charge in [0.15, 0.2) is 5.13 Å². The number of alkyl halides is 2. The Hall–Kier alpha value is -1.04. The fourth-order valence-corrected chi connectivity index (χ4v) is 1.77. The SMILES string of the molecule is Cc1cnc(NC(=O)C2CC2(F)F)s1. The van der Waals surface area contributed by atoms with Gasteiger partial charge in [-0.05, 0) is 6.92 Å². The number of aryl methyl sites for hydroxylation is 1. The van der Waals surface area contributed by atoms with Gasteiger partial charge in [-0.1, -0.05) is 0 Å². The maximum atomic E-state index is 12.5. The fraction of sp³-hybridized carbons (Fsp3) is 0.500. The summed E-state index contributed by atoms with van der Waals surface area (Å²) in [6.45, 7) is 1.83. The van der Waals surface area contributed by atoms with Crippen LogP contribution in [0.5, 0.6) is 0 Å². The first-order valence-corrected chi connectivity index (χ1v) is 4.92. The molecule has 0 bridgehead atoms. The molecule has 1 fully saturated rings. The molecular weight excluding hydrogens is 210 g/mol. The predicted octanol–water partition coefficient (Wildman–Crippen LogP) is 2.05. The lowest BCUT2D eigenvalue weighted by molar-refractivity contribution is -0.119. The molecule has 1 aliphatic carbocycles. The molecule has 1 unspecified atom stereocenters. The summed E-state index contributed by atoms with van der Waals surface area (Å²) in [6.07, 6.45) is 1.24. The highest BCUT2D eigenvalue weighted by Crippen LogP contribution is 2.49. The van der Waals surface area contributed by atoms with E-state index in [1.807, 2.05) is 6.92 Å². The lowest BCUT2D eigenvalue weighted by Gasteiger charge is -1.98. The summed E-state index contributed by atoms with van der Waals surface area (Å²) in [4.78, 5) is 16.0. The summed E-state index contributed by atoms with van der Waals surface area (Å²) in [7, 11) is 0. The number of hydrogen-bond donors (Lipinski definition) is 1. The molecule has 1 aliphatic rings. The van der Waals surface area contributed by atoms with Crippen molar-refractivity contribution in [3.8, 4) is 0 Å². The first-order valence-electron chi connectivity index (χ1n) is 4.10. The monoisotopic (exact) mass is 218 g/mol. The van der Waals surface area contributed by atoms with E-state index >= 15 is 0 Å². The van der Waals surface area contributed by atoms with Gasteiger partial charge in [0.1, 0.15) is 5.92 Å². The largest absolute Gasteiger partial charge is 0.302 e. The molecule has 2 rings (SSSR count). The molecular formula is C8H8F2N2OS. The van der Waals surface area contributed by atoms with Crippen LogP contribution in [0.25, 0.3) is 0 Å². The molecule has 1 aromatic heterocycles. The second-order valence-corrected chi connectivity index (χ2v) is 4.52. The van der Waals surface area contributed by atoms with Crippen LogP contribution in [-0.2, 0) is 4.79 Å². The summed E-state index contributed by atoms with van der Waals surface area (Å²) in [6, 6.07) is 0. The van der Waals surface area contributed by atoms with Crippen molar-refractivity contribution in [2.45, 2.75) is 19.3 Å². The molecule has 76 valence electrons. The summed E-state index contributed by atoms with van der Waals surface area (Å²) in [5.74, 6) is -4.60. The third kappa shape index (κ3) is 1.75. The Balaban J connectivity index is 1.96. The average molecular weight is 218 g/mol. The number of nitrogens with zero attached hydrogens (tertiary/aromatic N) is 1. The lowest BCUT2D eigenvalue weighted by Crippen LogP contribution is -2.17. The van der Waals surface area contributed by atoms with Crippen LogP contribution in [-0.4, -0.2) is 16.8 Å². The summed E-state index contributed by atoms with van der Waals surface area (Å²) >= 11 is 1.27. The number of nitrogens with one attached hydrogen (secondary N) is 1. The number of amides is 1. The van der Waals surface area contributed by atoms with Crippen molar-refractivity contribution < 1.29 is 13.6 Å². The van der Waals surface area contributed by atoms with Gasteiger partial charge in [-0.2, -0.15) is 0 Å². The van der Waals surface area contributed by atoms with Crippen molar-refractivity contribution in [2.24, 2.45) is 5.92 Å². The zero-order chi connectivity index (χ0) is 10.3. The maximum Gasteiger partial charge on any atom is 0.260 e. The van der Waals surface area contributed by atoms with Crippen molar-refractivity contribution in [3.05, 3.63) is 11.1 Å². The smallest absolute Gasteiger partial charge is 0.260 e. The number of hydrogen-bond acceptors (Lipinski definition) is 3. The predicted molar refractivity (Wildman–Crippen MR) is 48.5 cm³/mol. The van der Waals surface area contributed by atoms with E-state index in [0.29, 0.717) is 5.13 Å². The number of thiazole rings is 1. The van der Waals surface area contributed by atoms with E-state index in [4.69, 9.17) is 0 Å². The van der Waals surface area contributed by atoms with Crippen LogP contribution in [0.15, 0.2) is 6.20 Å². The van der Waals surface area contributed by atoms with E-state index in [1.54, 1.807) is 6.20 Å². The average Bonchev–Trinajstić information content (AvgIpc) is 2.51. The van der Waals surface area contributed by atoms with Crippen molar-refractivity contribution in [1.29, 1.82) is 0 Å². The Morgan fingerprint density at radius 2 is 2.43 bits per heavy atom. The number of halogens is 2. The highest BCUT2D eigenvalue weighted by atomic mass is 32.1. The fourth-order valence-electron chi connectivity index (χ4n) is 1.10. The normalized spacial score (nSPS) is 23.2. The molecule has 0 spiro atoms. The van der Waals surface area contributed by atoms with E-state index < -0.39 is 17.7 Å². The van der Waals surface area contributed by atoms with Crippen LogP contribution in [0.3, 0.4) is 0 Å². The van der Waals surface area contributed by atoms with Gasteiger partial charge in [0, 0.05) is 17.5 Å². The first-order chi connectivity index (χ1) is 6.49. The third-order valence-electron chi connectivity index (χ3n) is 1.99. The Morgan fingerprint density at radius 1 is 1.79 bits per heavy atom. The van der Waals surface area contributed by atoms with Gasteiger partial charge >= 0.3 is 0 Å². The van der Waals surface area contributed by atoms with E-state index in [9.17, 15) is 13.6 Å². The Morgan fingerprint density at radius 3 is 2.86 bits per heavy atom. The van der Waals surface area contributed by atoms with Gasteiger partial charge in [0.05, 0.1) is 0 Å². The van der Waals surface area contributed by atoms with E-state index in [1.165, 1.54) is 11.3 Å². The molecule has 1 aromatic rings. The Kier molecular flexibility index (Phi) is 2.02. The molecule has 1 heterocycles. The van der Waals surface area contributed by atoms with Gasteiger partial charge in [-0.3, -0.25) is 4.79 Å². The highest BCUT2D eigenvalue weighted by molar-refractivity contribution is 7.15. The van der Waals surface area contributed by atoms with Crippen LogP contribution in [0.1, 0.15) is 11.3 Å². The minimum atomic E-state index is -2.81. The van der Waals surface area contributed by atoms with E-state index in [-0.39, 0.29) is 6.42 Å². The lowest BCUT2D eigenvalue weighted by atomic mass is 10.4. The molecule has 1 N–H and O–H groups in total. The molecule has 0 aliphatic heterocycles. The van der Waals surface area contributed by atoms with Gasteiger partial charge < -0.3 is 5.32 Å². The molecule has 1 saturated carbocycles. The third-order valence-corrected chi connectivity index (χ3v) is 2.82. The van der Waals surface area contributed by atoms with Gasteiger partial charge in [0.25, 0.3) is 5.92 Å². The van der Waals surface area contributed by atoms with E-state index in [2.05, 4.69) is 10.3 Å². The second kappa shape index (κ2) is 2.98. The molecule has 0 radical (unpaired) electrons. The quantitative estimate of drug-likeness (QED) is 0.825. The zero-order valence-electron chi connectivity index (χ0n) is 7.38. The number of carbonyl (C=O) groups is 1. The number of anilines is 1. The van der Waals surface area contributed by atoms with Crippen LogP contribution in [0.4, 0.5) is 13.9 Å². The highest BCUT2D eigenvalue weighted by Gasteiger charge is 2.61. The van der Waals surface area contributed by atoms with Crippen LogP contribution in [0, 0.1) is 12.8 Å². The number of aromatic nitrogens is 1. The Labute approximate surface area is 83.2 Å². The van der Waals surface area contributed by atoms with Crippen LogP contribution in [0.2, 0.25) is 0 Å². The van der Waals surface area contributed by atoms with Crippen LogP contribution < -0.4 is 5.32 Å². The van der Waals surface area contributed by atoms with Crippen molar-refractivity contribution in [2.75, 3.05) is 5.32 Å². The number of rotatable bonds is 2. The number of carbonyl (C=O) groups excluding carboxylic acids is 1. The molecule has 6 heteroatoms. The van der Waals surface area contributed by atoms with Crippen molar-refractivity contribution >= 4 is 22.4 Å². The minimum Gasteiger partial charge on any atom is -0.302 e. The van der Waals surface area contributed by atoms with Crippen molar-refractivity contribution in [3.63, 3.8) is 0 Å². The van der Waals surface area contributed by atoms with Gasteiger partial charge in [-0.25, -0.2) is 13.8 Å². The first kappa shape index (κ1) is 9.51. The molecule has 1 amide bonds. The van der Waals surface area contributed by atoms with Gasteiger partial charge in [0.2, 0.25) is 5.91 Å². The molecule has 1 atom stereocenters. The maximum absolute atomic E-state index is 12.5. The summed E-state index contributed by atoms with van der Waals surface area (Å²) in [5.41, 5.74) is 0. The van der Waals surface area contributed by atoms with Gasteiger partial charge in [-0.15, -0.1) is 11.3 Å². The molecule has 14 heavy (non-hydrogen) atoms. The van der Waals surface area contributed by atoms with E-state index in [0.717, 1.165) is 4.88 Å². The second-order valence-electron chi connectivity index (χ2n) is 3.28.